The lowest BCUT2D eigenvalue weighted by molar-refractivity contribution is -0.134. The zero-order valence-electron chi connectivity index (χ0n) is 12.9. The number of piperazine rings is 1. The Hall–Kier alpha value is -1.17. The second-order valence-corrected chi connectivity index (χ2v) is 6.54. The molecule has 0 radical (unpaired) electrons. The minimum atomic E-state index is 0.283. The summed E-state index contributed by atoms with van der Waals surface area (Å²) in [5, 5.41) is 0.668. The van der Waals surface area contributed by atoms with Crippen molar-refractivity contribution in [1.82, 2.24) is 19.7 Å². The normalized spacial score (nSPS) is 20.5. The fourth-order valence-corrected chi connectivity index (χ4v) is 3.23. The molecule has 3 heterocycles. The van der Waals surface area contributed by atoms with Crippen LogP contribution in [0.3, 0.4) is 0 Å². The maximum atomic E-state index is 12.3. The van der Waals surface area contributed by atoms with E-state index >= 15 is 0 Å². The summed E-state index contributed by atoms with van der Waals surface area (Å²) in [6, 6.07) is 3.84. The minimum absolute atomic E-state index is 0.283. The van der Waals surface area contributed by atoms with Crippen LogP contribution in [0.5, 0.6) is 0 Å². The third kappa shape index (κ3) is 4.18. The number of aromatic nitrogens is 1. The standard InChI is InChI=1S/C16H23ClN4O/c17-14-3-4-15(18-11-14)12-20-7-9-21(10-8-20)16(22)13-19-5-1-2-6-19/h3-4,11H,1-2,5-10,12-13H2. The van der Waals surface area contributed by atoms with E-state index in [9.17, 15) is 4.79 Å². The average Bonchev–Trinajstić information content (AvgIpc) is 3.03. The molecule has 2 saturated heterocycles. The molecule has 5 nitrogen and oxygen atoms in total. The molecule has 1 aromatic rings. The van der Waals surface area contributed by atoms with Crippen LogP contribution in [-0.4, -0.2) is 71.4 Å². The molecule has 22 heavy (non-hydrogen) atoms. The van der Waals surface area contributed by atoms with Gasteiger partial charge in [0.2, 0.25) is 5.91 Å². The lowest BCUT2D eigenvalue weighted by Gasteiger charge is -2.35. The van der Waals surface area contributed by atoms with Gasteiger partial charge in [-0.05, 0) is 38.1 Å². The van der Waals surface area contributed by atoms with Gasteiger partial charge in [-0.25, -0.2) is 0 Å². The Bertz CT molecular complexity index is 493. The number of halogens is 1. The molecule has 1 aromatic heterocycles. The lowest BCUT2D eigenvalue weighted by Crippen LogP contribution is -2.50. The van der Waals surface area contributed by atoms with Crippen LogP contribution in [0.15, 0.2) is 18.3 Å². The predicted molar refractivity (Wildman–Crippen MR) is 86.8 cm³/mol. The van der Waals surface area contributed by atoms with Crippen LogP contribution in [-0.2, 0) is 11.3 Å². The number of hydrogen-bond acceptors (Lipinski definition) is 4. The van der Waals surface area contributed by atoms with Crippen molar-refractivity contribution < 1.29 is 4.79 Å². The van der Waals surface area contributed by atoms with E-state index in [1.807, 2.05) is 17.0 Å². The SMILES string of the molecule is O=C(CN1CCCC1)N1CCN(Cc2ccc(Cl)cn2)CC1. The van der Waals surface area contributed by atoms with Crippen molar-refractivity contribution in [2.45, 2.75) is 19.4 Å². The Balaban J connectivity index is 1.43. The van der Waals surface area contributed by atoms with Gasteiger partial charge in [0.25, 0.3) is 0 Å². The van der Waals surface area contributed by atoms with E-state index in [0.717, 1.165) is 51.5 Å². The summed E-state index contributed by atoms with van der Waals surface area (Å²) in [6.45, 7) is 7.04. The number of amides is 1. The molecule has 0 aromatic carbocycles. The van der Waals surface area contributed by atoms with Gasteiger partial charge < -0.3 is 4.90 Å². The van der Waals surface area contributed by atoms with Gasteiger partial charge in [-0.3, -0.25) is 19.6 Å². The van der Waals surface area contributed by atoms with Crippen molar-refractivity contribution in [3.05, 3.63) is 29.0 Å². The summed E-state index contributed by atoms with van der Waals surface area (Å²) >= 11 is 5.85. The van der Waals surface area contributed by atoms with Gasteiger partial charge in [0.1, 0.15) is 0 Å². The van der Waals surface area contributed by atoms with E-state index in [-0.39, 0.29) is 5.91 Å². The quantitative estimate of drug-likeness (QED) is 0.842. The van der Waals surface area contributed by atoms with E-state index in [4.69, 9.17) is 11.6 Å². The van der Waals surface area contributed by atoms with Crippen LogP contribution in [0, 0.1) is 0 Å². The number of likely N-dealkylation sites (tertiary alicyclic amines) is 1. The highest BCUT2D eigenvalue weighted by Gasteiger charge is 2.23. The van der Waals surface area contributed by atoms with Crippen LogP contribution >= 0.6 is 11.6 Å². The first-order chi connectivity index (χ1) is 10.7. The lowest BCUT2D eigenvalue weighted by atomic mass is 10.2. The predicted octanol–water partition coefficient (Wildman–Crippen LogP) is 1.48. The highest BCUT2D eigenvalue weighted by molar-refractivity contribution is 6.30. The molecule has 1 amide bonds. The van der Waals surface area contributed by atoms with Crippen molar-refractivity contribution in [3.63, 3.8) is 0 Å². The molecule has 6 heteroatoms. The molecule has 2 aliphatic rings. The number of rotatable bonds is 4. The summed E-state index contributed by atoms with van der Waals surface area (Å²) in [4.78, 5) is 23.2. The fourth-order valence-electron chi connectivity index (χ4n) is 3.12. The van der Waals surface area contributed by atoms with Gasteiger partial charge in [0, 0.05) is 38.9 Å². The first-order valence-corrected chi connectivity index (χ1v) is 8.41. The fraction of sp³-hybridized carbons (Fsp3) is 0.625. The Morgan fingerprint density at radius 3 is 2.41 bits per heavy atom. The third-order valence-corrected chi connectivity index (χ3v) is 4.68. The van der Waals surface area contributed by atoms with Crippen molar-refractivity contribution in [2.24, 2.45) is 0 Å². The van der Waals surface area contributed by atoms with Gasteiger partial charge in [0.15, 0.2) is 0 Å². The smallest absolute Gasteiger partial charge is 0.236 e. The van der Waals surface area contributed by atoms with E-state index in [1.165, 1.54) is 12.8 Å². The first-order valence-electron chi connectivity index (χ1n) is 8.03. The van der Waals surface area contributed by atoms with Gasteiger partial charge in [-0.15, -0.1) is 0 Å². The number of carbonyl (C=O) groups excluding carboxylic acids is 1. The molecule has 0 N–H and O–H groups in total. The molecule has 0 spiro atoms. The van der Waals surface area contributed by atoms with Crippen molar-refractivity contribution in [3.8, 4) is 0 Å². The monoisotopic (exact) mass is 322 g/mol. The molecule has 2 fully saturated rings. The van der Waals surface area contributed by atoms with Gasteiger partial charge in [0.05, 0.1) is 17.3 Å². The van der Waals surface area contributed by atoms with Crippen molar-refractivity contribution in [1.29, 1.82) is 0 Å². The Morgan fingerprint density at radius 2 is 1.77 bits per heavy atom. The first kappa shape index (κ1) is 15.7. The van der Waals surface area contributed by atoms with E-state index in [2.05, 4.69) is 14.8 Å². The second-order valence-electron chi connectivity index (χ2n) is 6.11. The van der Waals surface area contributed by atoms with Crippen LogP contribution in [0.1, 0.15) is 18.5 Å². The van der Waals surface area contributed by atoms with Crippen molar-refractivity contribution >= 4 is 17.5 Å². The molecule has 120 valence electrons. The number of carbonyl (C=O) groups is 1. The molecule has 0 aliphatic carbocycles. The van der Waals surface area contributed by atoms with Gasteiger partial charge in [-0.1, -0.05) is 11.6 Å². The molecular weight excluding hydrogens is 300 g/mol. The van der Waals surface area contributed by atoms with Gasteiger partial charge >= 0.3 is 0 Å². The highest BCUT2D eigenvalue weighted by Crippen LogP contribution is 2.12. The van der Waals surface area contributed by atoms with E-state index < -0.39 is 0 Å². The minimum Gasteiger partial charge on any atom is -0.339 e. The molecule has 0 atom stereocenters. The number of pyridine rings is 1. The summed E-state index contributed by atoms with van der Waals surface area (Å²) in [5.74, 6) is 0.283. The van der Waals surface area contributed by atoms with Crippen LogP contribution in [0.25, 0.3) is 0 Å². The molecular formula is C16H23ClN4O. The Morgan fingerprint density at radius 1 is 1.05 bits per heavy atom. The zero-order chi connectivity index (χ0) is 15.4. The number of hydrogen-bond donors (Lipinski definition) is 0. The molecule has 0 saturated carbocycles. The van der Waals surface area contributed by atoms with Crippen LogP contribution in [0.4, 0.5) is 0 Å². The summed E-state index contributed by atoms with van der Waals surface area (Å²) in [7, 11) is 0. The largest absolute Gasteiger partial charge is 0.339 e. The highest BCUT2D eigenvalue weighted by atomic mass is 35.5. The number of nitrogens with zero attached hydrogens (tertiary/aromatic N) is 4. The summed E-state index contributed by atoms with van der Waals surface area (Å²) in [6.07, 6.45) is 4.15. The van der Waals surface area contributed by atoms with Crippen molar-refractivity contribution in [2.75, 3.05) is 45.8 Å². The van der Waals surface area contributed by atoms with Crippen LogP contribution in [0.2, 0.25) is 5.02 Å². The second kappa shape index (κ2) is 7.40. The molecule has 2 aliphatic heterocycles. The van der Waals surface area contributed by atoms with E-state index in [0.29, 0.717) is 11.6 Å². The maximum absolute atomic E-state index is 12.3. The maximum Gasteiger partial charge on any atom is 0.236 e. The van der Waals surface area contributed by atoms with Crippen LogP contribution < -0.4 is 0 Å². The van der Waals surface area contributed by atoms with E-state index in [1.54, 1.807) is 6.20 Å². The van der Waals surface area contributed by atoms with Gasteiger partial charge in [-0.2, -0.15) is 0 Å². The molecule has 3 rings (SSSR count). The topological polar surface area (TPSA) is 39.7 Å². The Labute approximate surface area is 136 Å². The third-order valence-electron chi connectivity index (χ3n) is 4.46. The zero-order valence-corrected chi connectivity index (χ0v) is 13.6. The summed E-state index contributed by atoms with van der Waals surface area (Å²) in [5.41, 5.74) is 1.03. The average molecular weight is 323 g/mol. The summed E-state index contributed by atoms with van der Waals surface area (Å²) < 4.78 is 0. The Kier molecular flexibility index (Phi) is 5.28. The molecule has 0 unspecified atom stereocenters. The molecule has 0 bridgehead atoms.